The van der Waals surface area contributed by atoms with Gasteiger partial charge in [-0.25, -0.2) is 14.0 Å². The molecule has 0 aromatic heterocycles. The minimum Gasteiger partial charge on any atom is -0.490 e. The zero-order valence-corrected chi connectivity index (χ0v) is 41.7. The first-order valence-corrected chi connectivity index (χ1v) is 25.6. The lowest BCUT2D eigenvalue weighted by Crippen LogP contribution is -2.12. The molecule has 5 rings (SSSR count). The third kappa shape index (κ3) is 18.2. The molecule has 0 aliphatic carbocycles. The molecule has 12 heteroatoms. The predicted octanol–water partition coefficient (Wildman–Crippen LogP) is 17.1. The minimum absolute atomic E-state index is 0.157. The number of esters is 2. The predicted molar refractivity (Wildman–Crippen MR) is 273 cm³/mol. The highest BCUT2D eigenvalue weighted by Crippen LogP contribution is 2.40. The highest BCUT2D eigenvalue weighted by molar-refractivity contribution is 5.93. The van der Waals surface area contributed by atoms with Crippen molar-refractivity contribution in [3.63, 3.8) is 0 Å². The van der Waals surface area contributed by atoms with Gasteiger partial charge in [0.1, 0.15) is 17.2 Å². The summed E-state index contributed by atoms with van der Waals surface area (Å²) in [7, 11) is 0. The van der Waals surface area contributed by atoms with Crippen molar-refractivity contribution in [2.24, 2.45) is 10.2 Å². The largest absolute Gasteiger partial charge is 0.490 e. The van der Waals surface area contributed by atoms with E-state index in [1.807, 2.05) is 24.3 Å². The van der Waals surface area contributed by atoms with Crippen LogP contribution >= 0.6 is 0 Å². The Kier molecular flexibility index (Phi) is 24.2. The standard InChI is InChI=1S/C58H72F2N2O8/c1-5-9-13-17-18-22-37-65-51-36-35-50(54(59)55(51)60)62-61-47-29-23-45(24-30-47)57(63)69-48-31-25-43(26-32-48)44-27-33-49(34-28-44)70-58(64)46-41-52(66-38-19-14-10-6-2)56(68-40-21-16-12-8-4)53(42-46)67-39-20-15-11-7-3/h23-36,41-42H,5-22,37-40H2,1-4H3. The summed E-state index contributed by atoms with van der Waals surface area (Å²) in [4.78, 5) is 26.7. The first-order chi connectivity index (χ1) is 34.2. The zero-order valence-electron chi connectivity index (χ0n) is 41.7. The summed E-state index contributed by atoms with van der Waals surface area (Å²) in [6.45, 7) is 10.5. The maximum atomic E-state index is 14.8. The second-order valence-corrected chi connectivity index (χ2v) is 17.4. The Balaban J connectivity index is 1.17. The Morgan fingerprint density at radius 3 is 1.31 bits per heavy atom. The molecular weight excluding hydrogens is 891 g/mol. The van der Waals surface area contributed by atoms with E-state index in [2.05, 4.69) is 37.9 Å². The average Bonchev–Trinajstić information content (AvgIpc) is 3.37. The van der Waals surface area contributed by atoms with Crippen LogP contribution in [0.2, 0.25) is 0 Å². The van der Waals surface area contributed by atoms with Gasteiger partial charge in [-0.05, 0) is 110 Å². The molecule has 0 N–H and O–H groups in total. The minimum atomic E-state index is -1.15. The summed E-state index contributed by atoms with van der Waals surface area (Å²) in [6.07, 6.45) is 19.0. The molecule has 0 unspecified atom stereocenters. The van der Waals surface area contributed by atoms with Gasteiger partial charge in [0.15, 0.2) is 23.1 Å². The molecule has 10 nitrogen and oxygen atoms in total. The van der Waals surface area contributed by atoms with Gasteiger partial charge in [0, 0.05) is 0 Å². The second-order valence-electron chi connectivity index (χ2n) is 17.4. The second kappa shape index (κ2) is 31.0. The highest BCUT2D eigenvalue weighted by Gasteiger charge is 2.21. The molecule has 5 aromatic carbocycles. The van der Waals surface area contributed by atoms with E-state index in [9.17, 15) is 18.4 Å². The van der Waals surface area contributed by atoms with Crippen LogP contribution in [0.15, 0.2) is 107 Å². The monoisotopic (exact) mass is 963 g/mol. The fraction of sp³-hybridized carbons (Fsp3) is 0.448. The Labute approximate surface area is 414 Å². The third-order valence-corrected chi connectivity index (χ3v) is 11.6. The van der Waals surface area contributed by atoms with Crippen molar-refractivity contribution >= 4 is 23.3 Å². The number of carbonyl (C=O) groups excluding carboxylic acids is 2. The molecule has 0 amide bonds. The molecule has 70 heavy (non-hydrogen) atoms. The number of ether oxygens (including phenoxy) is 6. The van der Waals surface area contributed by atoms with E-state index in [1.54, 1.807) is 36.4 Å². The van der Waals surface area contributed by atoms with Gasteiger partial charge < -0.3 is 28.4 Å². The molecule has 0 atom stereocenters. The molecule has 0 saturated carbocycles. The number of hydrogen-bond acceptors (Lipinski definition) is 10. The SMILES string of the molecule is CCCCCCCCOc1ccc(N=Nc2ccc(C(=O)Oc3ccc(-c4ccc(OC(=O)c5cc(OCCCCCC)c(OCCCCCC)c(OCCCCCC)c5)cc4)cc3)cc2)c(F)c1F. The fourth-order valence-electron chi connectivity index (χ4n) is 7.49. The molecular formula is C58H72F2N2O8. The maximum Gasteiger partial charge on any atom is 0.343 e. The zero-order chi connectivity index (χ0) is 49.8. The quantitative estimate of drug-likeness (QED) is 0.0177. The lowest BCUT2D eigenvalue weighted by molar-refractivity contribution is 0.0724. The number of hydrogen-bond donors (Lipinski definition) is 0. The van der Waals surface area contributed by atoms with Crippen LogP contribution in [-0.4, -0.2) is 38.4 Å². The van der Waals surface area contributed by atoms with Crippen LogP contribution < -0.4 is 28.4 Å². The average molecular weight is 963 g/mol. The molecule has 0 bridgehead atoms. The Bertz CT molecular complexity index is 2320. The van der Waals surface area contributed by atoms with Crippen molar-refractivity contribution < 1.29 is 46.8 Å². The molecule has 0 heterocycles. The van der Waals surface area contributed by atoms with Gasteiger partial charge in [-0.1, -0.05) is 142 Å². The molecule has 5 aromatic rings. The summed E-state index contributed by atoms with van der Waals surface area (Å²) in [5, 5.41) is 7.89. The normalized spacial score (nSPS) is 11.2. The first kappa shape index (κ1) is 54.6. The Morgan fingerprint density at radius 2 is 0.829 bits per heavy atom. The molecule has 376 valence electrons. The van der Waals surface area contributed by atoms with Gasteiger partial charge >= 0.3 is 11.9 Å². The van der Waals surface area contributed by atoms with E-state index >= 15 is 0 Å². The molecule has 0 aliphatic heterocycles. The van der Waals surface area contributed by atoms with E-state index < -0.39 is 23.6 Å². The summed E-state index contributed by atoms with van der Waals surface area (Å²) >= 11 is 0. The van der Waals surface area contributed by atoms with E-state index in [-0.39, 0.29) is 17.0 Å². The number of benzene rings is 5. The van der Waals surface area contributed by atoms with Crippen LogP contribution in [0.4, 0.5) is 20.2 Å². The topological polar surface area (TPSA) is 114 Å². The van der Waals surface area contributed by atoms with Gasteiger partial charge in [-0.15, -0.1) is 5.11 Å². The summed E-state index contributed by atoms with van der Waals surface area (Å²) in [5.41, 5.74) is 2.33. The lowest BCUT2D eigenvalue weighted by atomic mass is 10.1. The number of carbonyl (C=O) groups is 2. The molecule has 0 saturated heterocycles. The van der Waals surface area contributed by atoms with Crippen LogP contribution in [-0.2, 0) is 0 Å². The van der Waals surface area contributed by atoms with Crippen molar-refractivity contribution in [2.75, 3.05) is 26.4 Å². The van der Waals surface area contributed by atoms with Gasteiger partial charge in [0.25, 0.3) is 0 Å². The smallest absolute Gasteiger partial charge is 0.343 e. The Morgan fingerprint density at radius 1 is 0.414 bits per heavy atom. The highest BCUT2D eigenvalue weighted by atomic mass is 19.2. The molecule has 0 radical (unpaired) electrons. The molecule has 0 fully saturated rings. The van der Waals surface area contributed by atoms with Gasteiger partial charge in [-0.3, -0.25) is 0 Å². The van der Waals surface area contributed by atoms with E-state index in [0.717, 1.165) is 120 Å². The van der Waals surface area contributed by atoms with Crippen molar-refractivity contribution in [3.05, 3.63) is 120 Å². The van der Waals surface area contributed by atoms with Gasteiger partial charge in [0.2, 0.25) is 11.6 Å². The van der Waals surface area contributed by atoms with Crippen LogP contribution in [0.5, 0.6) is 34.5 Å². The third-order valence-electron chi connectivity index (χ3n) is 11.6. The van der Waals surface area contributed by atoms with Crippen molar-refractivity contribution in [2.45, 2.75) is 143 Å². The molecule has 0 spiro atoms. The molecule has 0 aliphatic rings. The van der Waals surface area contributed by atoms with E-state index in [4.69, 9.17) is 28.4 Å². The number of rotatable bonds is 33. The number of azo groups is 1. The van der Waals surface area contributed by atoms with Gasteiger partial charge in [0.05, 0.1) is 43.2 Å². The van der Waals surface area contributed by atoms with Gasteiger partial charge in [-0.2, -0.15) is 9.50 Å². The summed E-state index contributed by atoms with van der Waals surface area (Å²) in [6, 6.07) is 26.3. The van der Waals surface area contributed by atoms with Crippen molar-refractivity contribution in [3.8, 4) is 45.6 Å². The fourth-order valence-corrected chi connectivity index (χ4v) is 7.49. The van der Waals surface area contributed by atoms with E-state index in [1.165, 1.54) is 42.8 Å². The Hall–Kier alpha value is -6.30. The van der Waals surface area contributed by atoms with Crippen LogP contribution in [0.1, 0.15) is 164 Å². The number of nitrogens with zero attached hydrogens (tertiary/aromatic N) is 2. The van der Waals surface area contributed by atoms with E-state index in [0.29, 0.717) is 66.4 Å². The number of unbranched alkanes of at least 4 members (excludes halogenated alkanes) is 14. The summed E-state index contributed by atoms with van der Waals surface area (Å²) in [5.74, 6) is -1.36. The lowest BCUT2D eigenvalue weighted by Gasteiger charge is -2.19. The van der Waals surface area contributed by atoms with Crippen LogP contribution in [0.3, 0.4) is 0 Å². The van der Waals surface area contributed by atoms with Crippen LogP contribution in [0, 0.1) is 11.6 Å². The first-order valence-electron chi connectivity index (χ1n) is 25.6. The van der Waals surface area contributed by atoms with Crippen LogP contribution in [0.25, 0.3) is 11.1 Å². The van der Waals surface area contributed by atoms with Crippen molar-refractivity contribution in [1.82, 2.24) is 0 Å². The maximum absolute atomic E-state index is 14.8. The van der Waals surface area contributed by atoms with Crippen molar-refractivity contribution in [1.29, 1.82) is 0 Å². The number of halogens is 2. The summed E-state index contributed by atoms with van der Waals surface area (Å²) < 4.78 is 65.3.